The Bertz CT molecular complexity index is 495. The number of hydrogen-bond donors (Lipinski definition) is 3. The van der Waals surface area contributed by atoms with Crippen molar-refractivity contribution in [3.63, 3.8) is 0 Å². The van der Waals surface area contributed by atoms with Crippen molar-refractivity contribution in [2.45, 2.75) is 64.1 Å². The Hall–Kier alpha value is -1.67. The smallest absolute Gasteiger partial charge is 0.410 e. The zero-order chi connectivity index (χ0) is 18.4. The van der Waals surface area contributed by atoms with Gasteiger partial charge in [0.05, 0.1) is 6.04 Å². The van der Waals surface area contributed by atoms with Crippen molar-refractivity contribution in [1.29, 1.82) is 0 Å². The zero-order valence-corrected chi connectivity index (χ0v) is 15.4. The van der Waals surface area contributed by atoms with Gasteiger partial charge in [-0.05, 0) is 40.0 Å². The SMILES string of the molecule is CC(C)(C)OC(=O)N1CCC(NCCNC2CCC(=O)NC2=O)CC1. The first-order chi connectivity index (χ1) is 11.7. The van der Waals surface area contributed by atoms with Crippen LogP contribution in [0.2, 0.25) is 0 Å². The van der Waals surface area contributed by atoms with Gasteiger partial charge in [-0.2, -0.15) is 0 Å². The third-order valence-corrected chi connectivity index (χ3v) is 4.33. The van der Waals surface area contributed by atoms with Crippen LogP contribution < -0.4 is 16.0 Å². The minimum atomic E-state index is -0.464. The molecular formula is C17H30N4O4. The predicted octanol–water partition coefficient (Wildman–Crippen LogP) is 0.370. The molecule has 25 heavy (non-hydrogen) atoms. The Kier molecular flexibility index (Phi) is 6.78. The van der Waals surface area contributed by atoms with Crippen LogP contribution in [0.4, 0.5) is 4.79 Å². The molecule has 1 atom stereocenters. The number of carbonyl (C=O) groups excluding carboxylic acids is 3. The van der Waals surface area contributed by atoms with Gasteiger partial charge < -0.3 is 20.3 Å². The van der Waals surface area contributed by atoms with E-state index in [9.17, 15) is 14.4 Å². The lowest BCUT2D eigenvalue weighted by Gasteiger charge is -2.34. The van der Waals surface area contributed by atoms with Crippen LogP contribution in [0.1, 0.15) is 46.5 Å². The Balaban J connectivity index is 1.59. The molecule has 0 radical (unpaired) electrons. The molecule has 142 valence electrons. The van der Waals surface area contributed by atoms with E-state index in [2.05, 4.69) is 16.0 Å². The average molecular weight is 354 g/mol. The highest BCUT2D eigenvalue weighted by molar-refractivity contribution is 6.00. The largest absolute Gasteiger partial charge is 0.444 e. The minimum Gasteiger partial charge on any atom is -0.444 e. The molecule has 2 fully saturated rings. The molecule has 2 saturated heterocycles. The van der Waals surface area contributed by atoms with Crippen LogP contribution in [0.5, 0.6) is 0 Å². The maximum Gasteiger partial charge on any atom is 0.410 e. The topological polar surface area (TPSA) is 99.8 Å². The van der Waals surface area contributed by atoms with Crippen LogP contribution in [0.3, 0.4) is 0 Å². The fraction of sp³-hybridized carbons (Fsp3) is 0.824. The van der Waals surface area contributed by atoms with Gasteiger partial charge >= 0.3 is 6.09 Å². The molecule has 0 aromatic carbocycles. The van der Waals surface area contributed by atoms with Crippen molar-refractivity contribution in [3.05, 3.63) is 0 Å². The van der Waals surface area contributed by atoms with E-state index in [4.69, 9.17) is 4.74 Å². The summed E-state index contributed by atoms with van der Waals surface area (Å²) in [6.07, 6.45) is 2.47. The van der Waals surface area contributed by atoms with Crippen molar-refractivity contribution in [3.8, 4) is 0 Å². The summed E-state index contributed by atoms with van der Waals surface area (Å²) in [5.41, 5.74) is -0.464. The molecule has 0 aromatic rings. The fourth-order valence-corrected chi connectivity index (χ4v) is 3.00. The molecule has 0 saturated carbocycles. The molecule has 2 aliphatic heterocycles. The van der Waals surface area contributed by atoms with Gasteiger partial charge in [0, 0.05) is 38.6 Å². The molecule has 0 bridgehead atoms. The van der Waals surface area contributed by atoms with E-state index in [1.807, 2.05) is 20.8 Å². The standard InChI is InChI=1S/C17H30N4O4/c1-17(2,3)25-16(24)21-10-6-12(7-11-21)18-8-9-19-13-4-5-14(22)20-15(13)23/h12-13,18-19H,4-11H2,1-3H3,(H,20,22,23). The molecule has 8 heteroatoms. The Labute approximate surface area is 149 Å². The molecule has 3 N–H and O–H groups in total. The van der Waals surface area contributed by atoms with Gasteiger partial charge in [0.2, 0.25) is 11.8 Å². The molecule has 3 amide bonds. The van der Waals surface area contributed by atoms with Gasteiger partial charge in [-0.1, -0.05) is 0 Å². The molecule has 0 aromatic heterocycles. The van der Waals surface area contributed by atoms with Gasteiger partial charge in [0.15, 0.2) is 0 Å². The first-order valence-corrected chi connectivity index (χ1v) is 9.03. The number of nitrogens with zero attached hydrogens (tertiary/aromatic N) is 1. The molecule has 1 unspecified atom stereocenters. The lowest BCUT2D eigenvalue weighted by atomic mass is 10.1. The number of imide groups is 1. The van der Waals surface area contributed by atoms with Crippen LogP contribution in [-0.2, 0) is 14.3 Å². The van der Waals surface area contributed by atoms with Crippen LogP contribution >= 0.6 is 0 Å². The van der Waals surface area contributed by atoms with Crippen LogP contribution in [-0.4, -0.2) is 66.7 Å². The number of piperidine rings is 2. The maximum absolute atomic E-state index is 12.0. The molecule has 8 nitrogen and oxygen atoms in total. The van der Waals surface area contributed by atoms with Gasteiger partial charge in [-0.3, -0.25) is 14.9 Å². The Morgan fingerprint density at radius 1 is 1.16 bits per heavy atom. The number of likely N-dealkylation sites (tertiary alicyclic amines) is 1. The van der Waals surface area contributed by atoms with Gasteiger partial charge in [0.1, 0.15) is 5.60 Å². The number of amides is 3. The summed E-state index contributed by atoms with van der Waals surface area (Å²) >= 11 is 0. The average Bonchev–Trinajstić information content (AvgIpc) is 2.52. The highest BCUT2D eigenvalue weighted by Crippen LogP contribution is 2.15. The van der Waals surface area contributed by atoms with Gasteiger partial charge in [-0.25, -0.2) is 4.79 Å². The summed E-state index contributed by atoms with van der Waals surface area (Å²) < 4.78 is 5.39. The molecule has 0 spiro atoms. The molecule has 2 heterocycles. The number of hydrogen-bond acceptors (Lipinski definition) is 6. The van der Waals surface area contributed by atoms with E-state index in [1.165, 1.54) is 0 Å². The summed E-state index contributed by atoms with van der Waals surface area (Å²) in [7, 11) is 0. The van der Waals surface area contributed by atoms with E-state index in [1.54, 1.807) is 4.90 Å². The van der Waals surface area contributed by atoms with E-state index < -0.39 is 5.60 Å². The summed E-state index contributed by atoms with van der Waals surface area (Å²) in [6.45, 7) is 8.39. The second-order valence-corrected chi connectivity index (χ2v) is 7.65. The third-order valence-electron chi connectivity index (χ3n) is 4.33. The number of carbonyl (C=O) groups is 3. The zero-order valence-electron chi connectivity index (χ0n) is 15.4. The second-order valence-electron chi connectivity index (χ2n) is 7.65. The summed E-state index contributed by atoms with van der Waals surface area (Å²) in [6, 6.07) is 0.0794. The van der Waals surface area contributed by atoms with Gasteiger partial charge in [0.25, 0.3) is 0 Å². The Morgan fingerprint density at radius 3 is 2.40 bits per heavy atom. The third kappa shape index (κ3) is 6.62. The number of nitrogens with one attached hydrogen (secondary N) is 3. The van der Waals surface area contributed by atoms with Crippen molar-refractivity contribution in [1.82, 2.24) is 20.9 Å². The Morgan fingerprint density at radius 2 is 1.80 bits per heavy atom. The lowest BCUT2D eigenvalue weighted by molar-refractivity contribution is -0.134. The quantitative estimate of drug-likeness (QED) is 0.487. The van der Waals surface area contributed by atoms with E-state index in [0.717, 1.165) is 19.4 Å². The van der Waals surface area contributed by atoms with E-state index in [0.29, 0.717) is 38.5 Å². The summed E-state index contributed by atoms with van der Waals surface area (Å²) in [5.74, 6) is -0.431. The van der Waals surface area contributed by atoms with Crippen LogP contribution in [0, 0.1) is 0 Å². The van der Waals surface area contributed by atoms with Gasteiger partial charge in [-0.15, -0.1) is 0 Å². The minimum absolute atomic E-state index is 0.196. The predicted molar refractivity (Wildman–Crippen MR) is 93.0 cm³/mol. The van der Waals surface area contributed by atoms with Crippen LogP contribution in [0.15, 0.2) is 0 Å². The summed E-state index contributed by atoms with van der Waals surface area (Å²) in [4.78, 5) is 36.5. The van der Waals surface area contributed by atoms with E-state index >= 15 is 0 Å². The number of ether oxygens (including phenoxy) is 1. The highest BCUT2D eigenvalue weighted by Gasteiger charge is 2.27. The van der Waals surface area contributed by atoms with Crippen molar-refractivity contribution in [2.24, 2.45) is 0 Å². The van der Waals surface area contributed by atoms with E-state index in [-0.39, 0.29) is 23.9 Å². The molecular weight excluding hydrogens is 324 g/mol. The fourth-order valence-electron chi connectivity index (χ4n) is 3.00. The normalized spacial score (nSPS) is 22.7. The monoisotopic (exact) mass is 354 g/mol. The van der Waals surface area contributed by atoms with Crippen molar-refractivity contribution in [2.75, 3.05) is 26.2 Å². The summed E-state index contributed by atoms with van der Waals surface area (Å²) in [5, 5.41) is 8.97. The molecule has 0 aliphatic carbocycles. The first-order valence-electron chi connectivity index (χ1n) is 9.03. The second kappa shape index (κ2) is 8.62. The van der Waals surface area contributed by atoms with Crippen molar-refractivity contribution >= 4 is 17.9 Å². The highest BCUT2D eigenvalue weighted by atomic mass is 16.6. The lowest BCUT2D eigenvalue weighted by Crippen LogP contribution is -2.52. The first kappa shape index (κ1) is 19.7. The number of rotatable bonds is 5. The maximum atomic E-state index is 12.0. The molecule has 2 rings (SSSR count). The van der Waals surface area contributed by atoms with Crippen LogP contribution in [0.25, 0.3) is 0 Å². The van der Waals surface area contributed by atoms with Crippen molar-refractivity contribution < 1.29 is 19.1 Å². The molecule has 2 aliphatic rings.